The summed E-state index contributed by atoms with van der Waals surface area (Å²) in [6.45, 7) is 6.15. The van der Waals surface area contributed by atoms with E-state index in [4.69, 9.17) is 0 Å². The molecule has 0 bridgehead atoms. The number of amides is 1. The smallest absolute Gasteiger partial charge is 0.220 e. The van der Waals surface area contributed by atoms with Crippen molar-refractivity contribution in [3.8, 4) is 5.69 Å². The number of aromatic nitrogens is 5. The molecule has 7 nitrogen and oxygen atoms in total. The van der Waals surface area contributed by atoms with Crippen molar-refractivity contribution in [2.75, 3.05) is 0 Å². The molecule has 1 N–H and O–H groups in total. The van der Waals surface area contributed by atoms with E-state index >= 15 is 0 Å². The topological polar surface area (TPSA) is 77.1 Å². The number of nitrogens with zero attached hydrogens (tertiary/aromatic N) is 5. The average Bonchev–Trinajstić information content (AvgIpc) is 3.36. The lowest BCUT2D eigenvalue weighted by Crippen LogP contribution is -2.23. The van der Waals surface area contributed by atoms with Gasteiger partial charge in [-0.1, -0.05) is 6.07 Å². The molecule has 0 radical (unpaired) electrons. The highest BCUT2D eigenvalue weighted by molar-refractivity contribution is 5.76. The highest BCUT2D eigenvalue weighted by Crippen LogP contribution is 2.18. The van der Waals surface area contributed by atoms with E-state index in [2.05, 4.69) is 20.4 Å². The standard InChI is InChI=1S/C22H23FN6O/c1-14-10-21-26-15(2)18(16(3)29(21)27-14)5-7-22(30)25-12-17-4-6-20(19(23)11-17)28-9-8-24-13-28/h4,6,8-11,13H,5,7,12H2,1-3H3,(H,25,30). The molecule has 3 aromatic heterocycles. The zero-order chi connectivity index (χ0) is 21.3. The van der Waals surface area contributed by atoms with E-state index in [1.165, 1.54) is 6.07 Å². The molecule has 0 aliphatic heterocycles. The van der Waals surface area contributed by atoms with E-state index in [1.54, 1.807) is 35.4 Å². The van der Waals surface area contributed by atoms with E-state index in [0.717, 1.165) is 28.3 Å². The lowest BCUT2D eigenvalue weighted by atomic mass is 10.1. The fourth-order valence-electron chi connectivity index (χ4n) is 3.60. The first-order chi connectivity index (χ1) is 14.4. The number of benzene rings is 1. The van der Waals surface area contributed by atoms with Gasteiger partial charge < -0.3 is 9.88 Å². The fourth-order valence-corrected chi connectivity index (χ4v) is 3.60. The van der Waals surface area contributed by atoms with E-state index in [9.17, 15) is 9.18 Å². The summed E-state index contributed by atoms with van der Waals surface area (Å²) in [4.78, 5) is 20.9. The third-order valence-electron chi connectivity index (χ3n) is 5.17. The molecule has 1 amide bonds. The monoisotopic (exact) mass is 406 g/mol. The molecule has 0 unspecified atom stereocenters. The molecule has 0 spiro atoms. The number of hydrogen-bond donors (Lipinski definition) is 1. The number of halogens is 1. The molecule has 0 saturated heterocycles. The fraction of sp³-hybridized carbons (Fsp3) is 0.273. The van der Waals surface area contributed by atoms with Crippen LogP contribution in [0.3, 0.4) is 0 Å². The first-order valence-electron chi connectivity index (χ1n) is 9.78. The highest BCUT2D eigenvalue weighted by atomic mass is 19.1. The number of fused-ring (bicyclic) bond motifs is 1. The molecule has 0 aliphatic rings. The van der Waals surface area contributed by atoms with Gasteiger partial charge in [0.15, 0.2) is 5.65 Å². The van der Waals surface area contributed by atoms with Crippen molar-refractivity contribution >= 4 is 11.6 Å². The van der Waals surface area contributed by atoms with Crippen LogP contribution >= 0.6 is 0 Å². The Bertz CT molecular complexity index is 1210. The maximum atomic E-state index is 14.3. The van der Waals surface area contributed by atoms with Crippen molar-refractivity contribution in [1.82, 2.24) is 29.5 Å². The van der Waals surface area contributed by atoms with E-state index in [-0.39, 0.29) is 18.3 Å². The van der Waals surface area contributed by atoms with Crippen molar-refractivity contribution in [3.63, 3.8) is 0 Å². The van der Waals surface area contributed by atoms with Crippen molar-refractivity contribution in [2.45, 2.75) is 40.2 Å². The SMILES string of the molecule is Cc1cc2nc(C)c(CCC(=O)NCc3ccc(-n4ccnc4)c(F)c3)c(C)n2n1. The Hall–Kier alpha value is -3.55. The normalized spacial score (nSPS) is 11.2. The summed E-state index contributed by atoms with van der Waals surface area (Å²) in [5, 5.41) is 7.33. The highest BCUT2D eigenvalue weighted by Gasteiger charge is 2.13. The number of aryl methyl sites for hydroxylation is 3. The third-order valence-corrected chi connectivity index (χ3v) is 5.17. The number of imidazole rings is 1. The molecule has 0 atom stereocenters. The summed E-state index contributed by atoms with van der Waals surface area (Å²) in [7, 11) is 0. The predicted molar refractivity (Wildman–Crippen MR) is 111 cm³/mol. The summed E-state index contributed by atoms with van der Waals surface area (Å²) >= 11 is 0. The van der Waals surface area contributed by atoms with Gasteiger partial charge in [0.05, 0.1) is 17.7 Å². The second-order valence-corrected chi connectivity index (χ2v) is 7.35. The van der Waals surface area contributed by atoms with Crippen LogP contribution in [0.2, 0.25) is 0 Å². The van der Waals surface area contributed by atoms with Gasteiger partial charge >= 0.3 is 0 Å². The van der Waals surface area contributed by atoms with Gasteiger partial charge in [-0.15, -0.1) is 0 Å². The van der Waals surface area contributed by atoms with Crippen LogP contribution in [0.5, 0.6) is 0 Å². The van der Waals surface area contributed by atoms with Crippen LogP contribution in [0, 0.1) is 26.6 Å². The molecule has 1 aromatic carbocycles. The number of rotatable bonds is 6. The van der Waals surface area contributed by atoms with Crippen LogP contribution in [0.15, 0.2) is 43.0 Å². The quantitative estimate of drug-likeness (QED) is 0.533. The Balaban J connectivity index is 1.38. The number of carbonyl (C=O) groups is 1. The number of carbonyl (C=O) groups excluding carboxylic acids is 1. The van der Waals surface area contributed by atoms with E-state index < -0.39 is 0 Å². The first kappa shape index (κ1) is 19.8. The lowest BCUT2D eigenvalue weighted by Gasteiger charge is -2.11. The number of hydrogen-bond acceptors (Lipinski definition) is 4. The molecular formula is C22H23FN6O. The lowest BCUT2D eigenvalue weighted by molar-refractivity contribution is -0.121. The Morgan fingerprint density at radius 2 is 2.03 bits per heavy atom. The Morgan fingerprint density at radius 1 is 1.20 bits per heavy atom. The van der Waals surface area contributed by atoms with Gasteiger partial charge in [-0.3, -0.25) is 4.79 Å². The summed E-state index contributed by atoms with van der Waals surface area (Å²) in [5.41, 5.74) is 5.78. The van der Waals surface area contributed by atoms with Crippen molar-refractivity contribution in [1.29, 1.82) is 0 Å². The maximum absolute atomic E-state index is 14.3. The largest absolute Gasteiger partial charge is 0.352 e. The summed E-state index contributed by atoms with van der Waals surface area (Å²) in [6, 6.07) is 6.85. The predicted octanol–water partition coefficient (Wildman–Crippen LogP) is 3.23. The third kappa shape index (κ3) is 3.94. The first-order valence-corrected chi connectivity index (χ1v) is 9.78. The van der Waals surface area contributed by atoms with Gasteiger partial charge in [0.25, 0.3) is 0 Å². The second-order valence-electron chi connectivity index (χ2n) is 7.35. The Morgan fingerprint density at radius 3 is 2.77 bits per heavy atom. The van der Waals surface area contributed by atoms with Crippen molar-refractivity contribution < 1.29 is 9.18 Å². The zero-order valence-corrected chi connectivity index (χ0v) is 17.2. The van der Waals surface area contributed by atoms with Gasteiger partial charge in [0.1, 0.15) is 5.82 Å². The molecule has 3 heterocycles. The molecule has 0 saturated carbocycles. The Labute approximate surface area is 173 Å². The molecule has 30 heavy (non-hydrogen) atoms. The van der Waals surface area contributed by atoms with Gasteiger partial charge in [-0.2, -0.15) is 5.10 Å². The molecule has 4 aromatic rings. The van der Waals surface area contributed by atoms with Gasteiger partial charge in [0.2, 0.25) is 5.91 Å². The van der Waals surface area contributed by atoms with E-state index in [1.807, 2.05) is 31.4 Å². The minimum absolute atomic E-state index is 0.0929. The molecule has 4 rings (SSSR count). The number of nitrogens with one attached hydrogen (secondary N) is 1. The minimum Gasteiger partial charge on any atom is -0.352 e. The van der Waals surface area contributed by atoms with Crippen LogP contribution in [-0.2, 0) is 17.8 Å². The van der Waals surface area contributed by atoms with Crippen LogP contribution in [-0.4, -0.2) is 30.1 Å². The van der Waals surface area contributed by atoms with Gasteiger partial charge in [-0.25, -0.2) is 18.9 Å². The van der Waals surface area contributed by atoms with Crippen LogP contribution in [0.25, 0.3) is 11.3 Å². The van der Waals surface area contributed by atoms with Gasteiger partial charge in [-0.05, 0) is 50.5 Å². The molecular weight excluding hydrogens is 383 g/mol. The molecule has 154 valence electrons. The van der Waals surface area contributed by atoms with Crippen LogP contribution in [0.1, 0.15) is 34.6 Å². The molecule has 0 aliphatic carbocycles. The molecule has 0 fully saturated rings. The zero-order valence-electron chi connectivity index (χ0n) is 17.2. The minimum atomic E-state index is -0.361. The van der Waals surface area contributed by atoms with Crippen molar-refractivity contribution in [3.05, 3.63) is 77.0 Å². The summed E-state index contributed by atoms with van der Waals surface area (Å²) < 4.78 is 17.8. The van der Waals surface area contributed by atoms with E-state index in [0.29, 0.717) is 24.1 Å². The van der Waals surface area contributed by atoms with Crippen molar-refractivity contribution in [2.24, 2.45) is 0 Å². The average molecular weight is 406 g/mol. The summed E-state index contributed by atoms with van der Waals surface area (Å²) in [5.74, 6) is -0.454. The Kier molecular flexibility index (Phi) is 5.31. The maximum Gasteiger partial charge on any atom is 0.220 e. The second kappa shape index (κ2) is 8.06. The summed E-state index contributed by atoms with van der Waals surface area (Å²) in [6.07, 6.45) is 5.71. The molecule has 8 heteroatoms. The van der Waals surface area contributed by atoms with Crippen LogP contribution < -0.4 is 5.32 Å². The van der Waals surface area contributed by atoms with Crippen LogP contribution in [0.4, 0.5) is 4.39 Å². The van der Waals surface area contributed by atoms with Gasteiger partial charge in [0, 0.05) is 42.8 Å².